The van der Waals surface area contributed by atoms with Crippen LogP contribution in [0.4, 0.5) is 5.69 Å². The van der Waals surface area contributed by atoms with Gasteiger partial charge >= 0.3 is 0 Å². The number of hydrogen-bond donors (Lipinski definition) is 2. The number of phenolic OH excluding ortho intramolecular Hbond substituents is 1. The van der Waals surface area contributed by atoms with Crippen LogP contribution in [0, 0.1) is 0 Å². The predicted octanol–water partition coefficient (Wildman–Crippen LogP) is 1.47. The highest BCUT2D eigenvalue weighted by Crippen LogP contribution is 2.12. The number of nitrogens with one attached hydrogen (secondary N) is 1. The number of anilines is 1. The second kappa shape index (κ2) is 3.15. The van der Waals surface area contributed by atoms with Gasteiger partial charge in [-0.1, -0.05) is 6.82 Å². The number of aromatic hydroxyl groups is 1. The lowest BCUT2D eigenvalue weighted by Crippen LogP contribution is -1.99. The van der Waals surface area contributed by atoms with E-state index in [4.69, 9.17) is 5.11 Å². The molecule has 1 aromatic rings. The summed E-state index contributed by atoms with van der Waals surface area (Å²) in [5.41, 5.74) is 0.986. The molecule has 0 heterocycles. The third-order valence-corrected chi connectivity index (χ3v) is 1.18. The van der Waals surface area contributed by atoms with Crippen LogP contribution in [0.15, 0.2) is 24.3 Å². The van der Waals surface area contributed by atoms with Gasteiger partial charge in [-0.3, -0.25) is 0 Å². The lowest BCUT2D eigenvalue weighted by atomic mass is 10.00. The molecule has 0 aliphatic heterocycles. The van der Waals surface area contributed by atoms with Crippen LogP contribution in [0.5, 0.6) is 5.75 Å². The summed E-state index contributed by atoms with van der Waals surface area (Å²) in [5, 5.41) is 11.9. The van der Waals surface area contributed by atoms with Crippen LogP contribution in [-0.4, -0.2) is 12.5 Å². The van der Waals surface area contributed by atoms with Crippen molar-refractivity contribution < 1.29 is 5.11 Å². The Morgan fingerprint density at radius 2 is 1.90 bits per heavy atom. The topological polar surface area (TPSA) is 32.3 Å². The van der Waals surface area contributed by atoms with Gasteiger partial charge in [0.2, 0.25) is 7.41 Å². The van der Waals surface area contributed by atoms with Crippen molar-refractivity contribution in [1.29, 1.82) is 0 Å². The van der Waals surface area contributed by atoms with E-state index in [1.165, 1.54) is 0 Å². The van der Waals surface area contributed by atoms with Gasteiger partial charge < -0.3 is 10.3 Å². The van der Waals surface area contributed by atoms with Crippen molar-refractivity contribution in [2.24, 2.45) is 0 Å². The van der Waals surface area contributed by atoms with Crippen LogP contribution in [-0.2, 0) is 0 Å². The molecular formula is C7H9BNO. The third-order valence-electron chi connectivity index (χ3n) is 1.18. The number of rotatable bonds is 2. The average Bonchev–Trinajstić information content (AvgIpc) is 1.95. The molecule has 10 heavy (non-hydrogen) atoms. The lowest BCUT2D eigenvalue weighted by Gasteiger charge is -2.00. The summed E-state index contributed by atoms with van der Waals surface area (Å²) in [6, 6.07) is 6.92. The van der Waals surface area contributed by atoms with Gasteiger partial charge in [-0.2, -0.15) is 0 Å². The SMILES string of the molecule is C[B]Nc1ccc(O)cc1. The average molecular weight is 134 g/mol. The van der Waals surface area contributed by atoms with Crippen molar-refractivity contribution in [3.8, 4) is 5.75 Å². The van der Waals surface area contributed by atoms with Crippen molar-refractivity contribution in [3.05, 3.63) is 24.3 Å². The number of phenols is 1. The highest BCUT2D eigenvalue weighted by molar-refractivity contribution is 6.38. The van der Waals surface area contributed by atoms with E-state index in [-0.39, 0.29) is 0 Å². The second-order valence-corrected chi connectivity index (χ2v) is 1.98. The van der Waals surface area contributed by atoms with E-state index in [9.17, 15) is 0 Å². The fourth-order valence-corrected chi connectivity index (χ4v) is 0.724. The molecule has 0 fully saturated rings. The van der Waals surface area contributed by atoms with Crippen molar-refractivity contribution >= 4 is 13.1 Å². The standard InChI is InChI=1S/C7H9BNO/c1-8-9-6-2-4-7(10)5-3-6/h2-5,9-10H,1H3. The molecule has 0 aromatic heterocycles. The third kappa shape index (κ3) is 1.69. The predicted molar refractivity (Wildman–Crippen MR) is 43.3 cm³/mol. The summed E-state index contributed by atoms with van der Waals surface area (Å²) in [4.78, 5) is 0. The zero-order chi connectivity index (χ0) is 7.40. The maximum atomic E-state index is 8.89. The number of hydrogen-bond acceptors (Lipinski definition) is 2. The molecule has 1 aromatic carbocycles. The normalized spacial score (nSPS) is 8.90. The van der Waals surface area contributed by atoms with Gasteiger partial charge in [-0.25, -0.2) is 0 Å². The lowest BCUT2D eigenvalue weighted by molar-refractivity contribution is 0.475. The quantitative estimate of drug-likeness (QED) is 0.474. The molecule has 0 atom stereocenters. The van der Waals surface area contributed by atoms with Gasteiger partial charge in [-0.05, 0) is 24.3 Å². The molecular weight excluding hydrogens is 125 g/mol. The monoisotopic (exact) mass is 134 g/mol. The first-order valence-electron chi connectivity index (χ1n) is 3.16. The maximum Gasteiger partial charge on any atom is 0.239 e. The van der Waals surface area contributed by atoms with Crippen molar-refractivity contribution in [3.63, 3.8) is 0 Å². The molecule has 0 unspecified atom stereocenters. The van der Waals surface area contributed by atoms with Gasteiger partial charge in [0.1, 0.15) is 5.75 Å². The molecule has 2 N–H and O–H groups in total. The summed E-state index contributed by atoms with van der Waals surface area (Å²) >= 11 is 0. The molecule has 0 saturated carbocycles. The van der Waals surface area contributed by atoms with Crippen LogP contribution in [0.25, 0.3) is 0 Å². The first-order chi connectivity index (χ1) is 4.83. The molecule has 1 radical (unpaired) electrons. The van der Waals surface area contributed by atoms with Gasteiger partial charge in [-0.15, -0.1) is 0 Å². The summed E-state index contributed by atoms with van der Waals surface area (Å²) in [7, 11) is 1.84. The summed E-state index contributed by atoms with van der Waals surface area (Å²) in [6.07, 6.45) is 0. The Hall–Kier alpha value is -1.12. The fourth-order valence-electron chi connectivity index (χ4n) is 0.724. The van der Waals surface area contributed by atoms with Crippen LogP contribution in [0.1, 0.15) is 0 Å². The van der Waals surface area contributed by atoms with Crippen LogP contribution in [0.3, 0.4) is 0 Å². The summed E-state index contributed by atoms with van der Waals surface area (Å²) in [6.45, 7) is 1.91. The Balaban J connectivity index is 2.69. The van der Waals surface area contributed by atoms with E-state index >= 15 is 0 Å². The first-order valence-corrected chi connectivity index (χ1v) is 3.16. The van der Waals surface area contributed by atoms with Crippen molar-refractivity contribution in [1.82, 2.24) is 0 Å². The minimum absolute atomic E-state index is 0.293. The van der Waals surface area contributed by atoms with E-state index in [0.717, 1.165) is 5.69 Å². The smallest absolute Gasteiger partial charge is 0.239 e. The van der Waals surface area contributed by atoms with E-state index in [1.807, 2.05) is 26.4 Å². The molecule has 0 bridgehead atoms. The number of benzene rings is 1. The Labute approximate surface area is 61.2 Å². The van der Waals surface area contributed by atoms with E-state index < -0.39 is 0 Å². The highest BCUT2D eigenvalue weighted by atomic mass is 16.3. The van der Waals surface area contributed by atoms with Gasteiger partial charge in [0.25, 0.3) is 0 Å². The molecule has 51 valence electrons. The van der Waals surface area contributed by atoms with Crippen LogP contribution in [0.2, 0.25) is 6.82 Å². The Kier molecular flexibility index (Phi) is 2.21. The van der Waals surface area contributed by atoms with E-state index in [0.29, 0.717) is 5.75 Å². The van der Waals surface area contributed by atoms with Gasteiger partial charge in [0.15, 0.2) is 0 Å². The Morgan fingerprint density at radius 1 is 1.30 bits per heavy atom. The molecule has 3 heteroatoms. The van der Waals surface area contributed by atoms with Crippen LogP contribution >= 0.6 is 0 Å². The van der Waals surface area contributed by atoms with E-state index in [1.54, 1.807) is 12.1 Å². The molecule has 1 rings (SSSR count). The summed E-state index contributed by atoms with van der Waals surface area (Å²) in [5.74, 6) is 0.293. The maximum absolute atomic E-state index is 8.89. The van der Waals surface area contributed by atoms with Crippen molar-refractivity contribution in [2.75, 3.05) is 5.23 Å². The van der Waals surface area contributed by atoms with Gasteiger partial charge in [0.05, 0.1) is 0 Å². The van der Waals surface area contributed by atoms with Crippen molar-refractivity contribution in [2.45, 2.75) is 6.82 Å². The first kappa shape index (κ1) is 7.00. The largest absolute Gasteiger partial charge is 0.508 e. The minimum atomic E-state index is 0.293. The zero-order valence-electron chi connectivity index (χ0n) is 5.83. The molecule has 0 aliphatic rings. The molecule has 0 aliphatic carbocycles. The Morgan fingerprint density at radius 3 is 2.40 bits per heavy atom. The molecule has 0 saturated heterocycles. The van der Waals surface area contributed by atoms with Crippen LogP contribution < -0.4 is 5.23 Å². The highest BCUT2D eigenvalue weighted by Gasteiger charge is 1.88. The fraction of sp³-hybridized carbons (Fsp3) is 0.143. The second-order valence-electron chi connectivity index (χ2n) is 1.98. The summed E-state index contributed by atoms with van der Waals surface area (Å²) < 4.78 is 0. The zero-order valence-corrected chi connectivity index (χ0v) is 5.83. The van der Waals surface area contributed by atoms with E-state index in [2.05, 4.69) is 5.23 Å². The Bertz CT molecular complexity index is 197. The molecule has 2 nitrogen and oxygen atoms in total. The molecule has 0 amide bonds. The minimum Gasteiger partial charge on any atom is -0.508 e. The molecule has 0 spiro atoms. The van der Waals surface area contributed by atoms with Gasteiger partial charge in [0, 0.05) is 5.69 Å².